The van der Waals surface area contributed by atoms with E-state index in [0.29, 0.717) is 11.9 Å². The van der Waals surface area contributed by atoms with Crippen molar-refractivity contribution in [2.45, 2.75) is 6.54 Å². The highest BCUT2D eigenvalue weighted by molar-refractivity contribution is 6.06. The van der Waals surface area contributed by atoms with Crippen LogP contribution in [0.15, 0.2) is 59.9 Å². The summed E-state index contributed by atoms with van der Waals surface area (Å²) in [6.45, 7) is 0.608. The fourth-order valence-electron chi connectivity index (χ4n) is 2.22. The first kappa shape index (κ1) is 12.2. The Morgan fingerprint density at radius 3 is 2.65 bits per heavy atom. The summed E-state index contributed by atoms with van der Waals surface area (Å²) < 4.78 is 1.80. The van der Waals surface area contributed by atoms with Gasteiger partial charge in [-0.05, 0) is 17.7 Å². The first-order chi connectivity index (χ1) is 9.79. The van der Waals surface area contributed by atoms with Gasteiger partial charge in [0.15, 0.2) is 0 Å². The molecule has 98 valence electrons. The summed E-state index contributed by atoms with van der Waals surface area (Å²) in [6, 6.07) is 15.1. The Morgan fingerprint density at radius 2 is 1.90 bits per heavy atom. The monoisotopic (exact) mass is 265 g/mol. The topological polar surface area (TPSA) is 64.3 Å². The molecule has 0 saturated carbocycles. The Labute approximate surface area is 114 Å². The number of hydrogen-bond donors (Lipinski definition) is 0. The maximum absolute atomic E-state index is 11.5. The number of hydrogen-bond acceptors (Lipinski definition) is 3. The number of rotatable bonds is 3. The van der Waals surface area contributed by atoms with Crippen LogP contribution in [0.5, 0.6) is 0 Å². The maximum Gasteiger partial charge on any atom is 0.317 e. The number of benzene rings is 2. The minimum atomic E-state index is -0.769. The van der Waals surface area contributed by atoms with Gasteiger partial charge in [-0.2, -0.15) is 5.10 Å². The molecule has 0 N–H and O–H groups in total. The van der Waals surface area contributed by atoms with E-state index in [1.54, 1.807) is 23.0 Å². The van der Waals surface area contributed by atoms with Crippen LogP contribution in [0.2, 0.25) is 0 Å². The molecule has 5 heteroatoms. The van der Waals surface area contributed by atoms with Gasteiger partial charge in [-0.3, -0.25) is 9.48 Å². The van der Waals surface area contributed by atoms with Crippen molar-refractivity contribution < 1.29 is 4.79 Å². The minimum Gasteiger partial charge on any atom is -0.263 e. The highest BCUT2D eigenvalue weighted by atomic mass is 16.3. The van der Waals surface area contributed by atoms with Crippen molar-refractivity contribution in [2.75, 3.05) is 0 Å². The van der Waals surface area contributed by atoms with Crippen LogP contribution < -0.4 is 0 Å². The Morgan fingerprint density at radius 1 is 1.10 bits per heavy atom. The van der Waals surface area contributed by atoms with Gasteiger partial charge in [0.05, 0.1) is 23.8 Å². The van der Waals surface area contributed by atoms with Crippen LogP contribution >= 0.6 is 0 Å². The van der Waals surface area contributed by atoms with Crippen molar-refractivity contribution in [3.05, 3.63) is 70.8 Å². The largest absolute Gasteiger partial charge is 0.317 e. The van der Waals surface area contributed by atoms with Crippen LogP contribution in [0.1, 0.15) is 15.9 Å². The second-order valence-electron chi connectivity index (χ2n) is 4.42. The molecule has 1 heterocycles. The van der Waals surface area contributed by atoms with E-state index < -0.39 is 5.91 Å². The lowest BCUT2D eigenvalue weighted by Crippen LogP contribution is -2.01. The first-order valence-electron chi connectivity index (χ1n) is 6.16. The van der Waals surface area contributed by atoms with E-state index in [4.69, 9.17) is 0 Å². The van der Waals surface area contributed by atoms with Gasteiger partial charge in [-0.25, -0.2) is 0 Å². The summed E-state index contributed by atoms with van der Waals surface area (Å²) in [5.41, 5.74) is 2.21. The lowest BCUT2D eigenvalue weighted by Gasteiger charge is -2.04. The number of carbonyl (C=O) groups is 1. The van der Waals surface area contributed by atoms with Crippen LogP contribution in [0, 0.1) is 4.91 Å². The normalized spacial score (nSPS) is 10.6. The molecule has 5 nitrogen and oxygen atoms in total. The predicted molar refractivity (Wildman–Crippen MR) is 75.4 cm³/mol. The van der Waals surface area contributed by atoms with Crippen molar-refractivity contribution in [3.63, 3.8) is 0 Å². The van der Waals surface area contributed by atoms with Crippen LogP contribution in [-0.4, -0.2) is 15.7 Å². The van der Waals surface area contributed by atoms with E-state index in [0.717, 1.165) is 11.1 Å². The van der Waals surface area contributed by atoms with Gasteiger partial charge in [0.2, 0.25) is 0 Å². The molecular formula is C15H11N3O2. The maximum atomic E-state index is 11.5. The summed E-state index contributed by atoms with van der Waals surface area (Å²) in [6.07, 6.45) is 1.59. The number of fused-ring (bicyclic) bond motifs is 1. The van der Waals surface area contributed by atoms with E-state index >= 15 is 0 Å². The third-order valence-electron chi connectivity index (χ3n) is 3.18. The summed E-state index contributed by atoms with van der Waals surface area (Å²) in [7, 11) is 0. The van der Waals surface area contributed by atoms with E-state index in [9.17, 15) is 9.70 Å². The number of aromatic nitrogens is 2. The number of carbonyl (C=O) groups excluding carboxylic acids is 1. The molecule has 0 fully saturated rings. The zero-order valence-electron chi connectivity index (χ0n) is 10.6. The smallest absolute Gasteiger partial charge is 0.263 e. The molecule has 0 aliphatic heterocycles. The number of nitrogens with zero attached hydrogens (tertiary/aromatic N) is 3. The third-order valence-corrected chi connectivity index (χ3v) is 3.18. The molecule has 3 rings (SSSR count). The molecule has 20 heavy (non-hydrogen) atoms. The zero-order chi connectivity index (χ0) is 13.9. The molecule has 1 amide bonds. The van der Waals surface area contributed by atoms with Crippen molar-refractivity contribution in [1.82, 2.24) is 9.78 Å². The predicted octanol–water partition coefficient (Wildman–Crippen LogP) is 2.99. The van der Waals surface area contributed by atoms with Crippen LogP contribution in [-0.2, 0) is 6.54 Å². The molecule has 2 aromatic carbocycles. The molecule has 1 aromatic heterocycles. The highest BCUT2D eigenvalue weighted by Crippen LogP contribution is 2.20. The lowest BCUT2D eigenvalue weighted by molar-refractivity contribution is 0.100. The van der Waals surface area contributed by atoms with Gasteiger partial charge in [0.25, 0.3) is 0 Å². The van der Waals surface area contributed by atoms with E-state index in [1.807, 2.05) is 36.4 Å². The summed E-state index contributed by atoms with van der Waals surface area (Å²) in [5, 5.41) is 7.41. The molecule has 0 atom stereocenters. The fraction of sp³-hybridized carbons (Fsp3) is 0.0667. The van der Waals surface area contributed by atoms with E-state index in [2.05, 4.69) is 10.3 Å². The number of nitroso groups, excluding NO2 is 1. The Balaban J connectivity index is 2.06. The Kier molecular flexibility index (Phi) is 3.09. The summed E-state index contributed by atoms with van der Waals surface area (Å²) in [5.74, 6) is -0.769. The number of amides is 1. The molecule has 0 aliphatic carbocycles. The van der Waals surface area contributed by atoms with Gasteiger partial charge in [0, 0.05) is 10.6 Å². The van der Waals surface area contributed by atoms with Gasteiger partial charge in [-0.1, -0.05) is 36.4 Å². The fourth-order valence-corrected chi connectivity index (χ4v) is 2.22. The standard InChI is InChI=1S/C15H11N3O2/c19-15(17-20)12-7-4-8-14-13(12)9-16-18(14)10-11-5-2-1-3-6-11/h1-9H,10H2. The van der Waals surface area contributed by atoms with Crippen LogP contribution in [0.25, 0.3) is 10.9 Å². The van der Waals surface area contributed by atoms with Crippen molar-refractivity contribution in [3.8, 4) is 0 Å². The van der Waals surface area contributed by atoms with Gasteiger partial charge < -0.3 is 0 Å². The van der Waals surface area contributed by atoms with Crippen molar-refractivity contribution >= 4 is 16.8 Å². The van der Waals surface area contributed by atoms with Crippen molar-refractivity contribution in [2.24, 2.45) is 5.18 Å². The van der Waals surface area contributed by atoms with E-state index in [-0.39, 0.29) is 5.56 Å². The lowest BCUT2D eigenvalue weighted by atomic mass is 10.1. The quantitative estimate of drug-likeness (QED) is 0.684. The first-order valence-corrected chi connectivity index (χ1v) is 6.16. The highest BCUT2D eigenvalue weighted by Gasteiger charge is 2.13. The van der Waals surface area contributed by atoms with Gasteiger partial charge in [0.1, 0.15) is 0 Å². The summed E-state index contributed by atoms with van der Waals surface area (Å²) in [4.78, 5) is 21.9. The summed E-state index contributed by atoms with van der Waals surface area (Å²) >= 11 is 0. The van der Waals surface area contributed by atoms with E-state index in [1.165, 1.54) is 0 Å². The second-order valence-corrected chi connectivity index (χ2v) is 4.42. The molecule has 3 aromatic rings. The van der Waals surface area contributed by atoms with Crippen LogP contribution in [0.4, 0.5) is 0 Å². The zero-order valence-corrected chi connectivity index (χ0v) is 10.6. The molecule has 0 radical (unpaired) electrons. The average molecular weight is 265 g/mol. The van der Waals surface area contributed by atoms with Gasteiger partial charge >= 0.3 is 5.91 Å². The third kappa shape index (κ3) is 2.09. The SMILES string of the molecule is O=NC(=O)c1cccc2c1cnn2Cc1ccccc1. The second kappa shape index (κ2) is 5.05. The molecule has 0 unspecified atom stereocenters. The molecular weight excluding hydrogens is 254 g/mol. The molecule has 0 spiro atoms. The Bertz CT molecular complexity index is 778. The molecule has 0 aliphatic rings. The Hall–Kier alpha value is -2.82. The van der Waals surface area contributed by atoms with Crippen molar-refractivity contribution in [1.29, 1.82) is 0 Å². The average Bonchev–Trinajstić information content (AvgIpc) is 2.91. The van der Waals surface area contributed by atoms with Gasteiger partial charge in [-0.15, -0.1) is 4.91 Å². The van der Waals surface area contributed by atoms with Crippen LogP contribution in [0.3, 0.4) is 0 Å². The minimum absolute atomic E-state index is 0.289. The molecule has 0 bridgehead atoms. The molecule has 0 saturated heterocycles.